The van der Waals surface area contributed by atoms with Crippen molar-refractivity contribution >= 4 is 5.91 Å². The summed E-state index contributed by atoms with van der Waals surface area (Å²) in [5, 5.41) is 3.06. The van der Waals surface area contributed by atoms with Crippen molar-refractivity contribution in [1.82, 2.24) is 5.32 Å². The molecule has 0 bridgehead atoms. The number of rotatable bonds is 2. The van der Waals surface area contributed by atoms with Gasteiger partial charge >= 0.3 is 0 Å². The van der Waals surface area contributed by atoms with Crippen LogP contribution in [0.3, 0.4) is 0 Å². The van der Waals surface area contributed by atoms with Gasteiger partial charge in [-0.05, 0) is 38.0 Å². The van der Waals surface area contributed by atoms with E-state index in [1.54, 1.807) is 0 Å². The summed E-state index contributed by atoms with van der Waals surface area (Å²) >= 11 is 0. The molecule has 1 aliphatic heterocycles. The fourth-order valence-corrected chi connectivity index (χ4v) is 2.27. The highest BCUT2D eigenvalue weighted by molar-refractivity contribution is 5.96. The Balaban J connectivity index is 2.22. The van der Waals surface area contributed by atoms with Gasteiger partial charge < -0.3 is 15.8 Å². The van der Waals surface area contributed by atoms with Crippen LogP contribution in [-0.2, 0) is 4.74 Å². The minimum Gasteiger partial charge on any atom is -0.379 e. The van der Waals surface area contributed by atoms with E-state index in [9.17, 15) is 4.79 Å². The Bertz CT molecular complexity index is 564. The molecule has 20 heavy (non-hydrogen) atoms. The van der Waals surface area contributed by atoms with Gasteiger partial charge in [-0.1, -0.05) is 17.9 Å². The number of ether oxygens (including phenoxy) is 1. The monoisotopic (exact) mass is 272 g/mol. The second kappa shape index (κ2) is 6.08. The predicted molar refractivity (Wildman–Crippen MR) is 78.4 cm³/mol. The minimum absolute atomic E-state index is 0.0769. The average Bonchev–Trinajstić information content (AvgIpc) is 2.84. The summed E-state index contributed by atoms with van der Waals surface area (Å²) in [4.78, 5) is 12.4. The first-order valence-electron chi connectivity index (χ1n) is 6.74. The van der Waals surface area contributed by atoms with E-state index in [0.717, 1.165) is 17.5 Å². The third kappa shape index (κ3) is 3.19. The molecule has 1 unspecified atom stereocenters. The highest BCUT2D eigenvalue weighted by atomic mass is 16.5. The van der Waals surface area contributed by atoms with E-state index in [1.807, 2.05) is 32.0 Å². The second-order valence-electron chi connectivity index (χ2n) is 5.30. The molecule has 0 saturated carbocycles. The third-order valence-corrected chi connectivity index (χ3v) is 3.54. The molecule has 3 N–H and O–H groups in total. The Morgan fingerprint density at radius 3 is 3.00 bits per heavy atom. The Labute approximate surface area is 119 Å². The summed E-state index contributed by atoms with van der Waals surface area (Å²) < 4.78 is 5.35. The first kappa shape index (κ1) is 14.6. The minimum atomic E-state index is -0.275. The van der Waals surface area contributed by atoms with Crippen LogP contribution >= 0.6 is 0 Å². The molecule has 1 aromatic carbocycles. The fourth-order valence-electron chi connectivity index (χ4n) is 2.27. The van der Waals surface area contributed by atoms with E-state index in [2.05, 4.69) is 17.2 Å². The Morgan fingerprint density at radius 1 is 1.55 bits per heavy atom. The fraction of sp³-hybridized carbons (Fsp3) is 0.438. The van der Waals surface area contributed by atoms with Crippen LogP contribution in [0.15, 0.2) is 18.2 Å². The molecule has 1 saturated heterocycles. The summed E-state index contributed by atoms with van der Waals surface area (Å²) in [7, 11) is 0. The van der Waals surface area contributed by atoms with Crippen LogP contribution in [0.1, 0.15) is 34.8 Å². The van der Waals surface area contributed by atoms with Crippen molar-refractivity contribution in [3.05, 3.63) is 34.9 Å². The molecular formula is C16H20N2O2. The van der Waals surface area contributed by atoms with Crippen LogP contribution in [-0.4, -0.2) is 31.2 Å². The number of amides is 1. The zero-order chi connectivity index (χ0) is 14.6. The number of carbonyl (C=O) groups is 1. The molecule has 4 heteroatoms. The lowest BCUT2D eigenvalue weighted by molar-refractivity contribution is 0.0889. The van der Waals surface area contributed by atoms with Gasteiger partial charge in [-0.2, -0.15) is 0 Å². The van der Waals surface area contributed by atoms with E-state index < -0.39 is 0 Å². The molecule has 2 rings (SSSR count). The van der Waals surface area contributed by atoms with Gasteiger partial charge in [0.15, 0.2) is 0 Å². The van der Waals surface area contributed by atoms with Crippen LogP contribution in [0.2, 0.25) is 0 Å². The lowest BCUT2D eigenvalue weighted by Gasteiger charge is -2.24. The second-order valence-corrected chi connectivity index (χ2v) is 5.30. The third-order valence-electron chi connectivity index (χ3n) is 3.54. The Kier molecular flexibility index (Phi) is 4.43. The van der Waals surface area contributed by atoms with E-state index in [4.69, 9.17) is 10.5 Å². The molecule has 0 radical (unpaired) electrons. The molecule has 1 fully saturated rings. The van der Waals surface area contributed by atoms with Gasteiger partial charge in [0, 0.05) is 17.7 Å². The SMILES string of the molecule is Cc1c(C#CCN)cccc1C(=O)NC1(C)CCOC1. The molecule has 0 spiro atoms. The van der Waals surface area contributed by atoms with Gasteiger partial charge in [0.1, 0.15) is 0 Å². The summed E-state index contributed by atoms with van der Waals surface area (Å²) in [6.07, 6.45) is 0.838. The van der Waals surface area contributed by atoms with Crippen LogP contribution < -0.4 is 11.1 Å². The summed E-state index contributed by atoms with van der Waals surface area (Å²) in [5.74, 6) is 5.73. The van der Waals surface area contributed by atoms with Crippen molar-refractivity contribution in [2.45, 2.75) is 25.8 Å². The van der Waals surface area contributed by atoms with Gasteiger partial charge in [0.05, 0.1) is 18.7 Å². The average molecular weight is 272 g/mol. The zero-order valence-corrected chi connectivity index (χ0v) is 12.0. The predicted octanol–water partition coefficient (Wildman–Crippen LogP) is 1.21. The normalized spacial score (nSPS) is 21.1. The van der Waals surface area contributed by atoms with Crippen LogP contribution in [0.25, 0.3) is 0 Å². The Morgan fingerprint density at radius 2 is 2.35 bits per heavy atom. The largest absolute Gasteiger partial charge is 0.379 e. The highest BCUT2D eigenvalue weighted by Crippen LogP contribution is 2.20. The quantitative estimate of drug-likeness (QED) is 0.796. The molecule has 1 atom stereocenters. The lowest BCUT2D eigenvalue weighted by atomic mass is 9.98. The number of nitrogens with one attached hydrogen (secondary N) is 1. The first-order chi connectivity index (χ1) is 9.56. The zero-order valence-electron chi connectivity index (χ0n) is 12.0. The smallest absolute Gasteiger partial charge is 0.252 e. The van der Waals surface area contributed by atoms with Crippen molar-refractivity contribution in [2.75, 3.05) is 19.8 Å². The van der Waals surface area contributed by atoms with E-state index in [0.29, 0.717) is 25.3 Å². The van der Waals surface area contributed by atoms with E-state index in [-0.39, 0.29) is 11.4 Å². The van der Waals surface area contributed by atoms with Crippen LogP contribution in [0, 0.1) is 18.8 Å². The molecular weight excluding hydrogens is 252 g/mol. The summed E-state index contributed by atoms with van der Waals surface area (Å²) in [5.41, 5.74) is 7.49. The standard InChI is InChI=1S/C16H20N2O2/c1-12-13(6-4-9-17)5-3-7-14(12)15(19)18-16(2)8-10-20-11-16/h3,5,7H,8-11,17H2,1-2H3,(H,18,19). The number of nitrogens with two attached hydrogens (primary N) is 1. The molecule has 106 valence electrons. The molecule has 1 aromatic rings. The van der Waals surface area contributed by atoms with Gasteiger partial charge in [-0.25, -0.2) is 0 Å². The molecule has 1 aliphatic rings. The number of hydrogen-bond donors (Lipinski definition) is 2. The maximum atomic E-state index is 12.4. The topological polar surface area (TPSA) is 64.4 Å². The van der Waals surface area contributed by atoms with Gasteiger partial charge in [-0.3, -0.25) is 4.79 Å². The maximum absolute atomic E-state index is 12.4. The summed E-state index contributed by atoms with van der Waals surface area (Å²) in [6, 6.07) is 5.56. The van der Waals surface area contributed by atoms with Crippen molar-refractivity contribution in [3.8, 4) is 11.8 Å². The highest BCUT2D eigenvalue weighted by Gasteiger charge is 2.31. The molecule has 0 aromatic heterocycles. The van der Waals surface area contributed by atoms with Gasteiger partial charge in [0.25, 0.3) is 5.91 Å². The number of benzene rings is 1. The molecule has 4 nitrogen and oxygen atoms in total. The molecule has 0 aliphatic carbocycles. The lowest BCUT2D eigenvalue weighted by Crippen LogP contribution is -2.46. The summed E-state index contributed by atoms with van der Waals surface area (Å²) in [6.45, 7) is 5.47. The number of carbonyl (C=O) groups excluding carboxylic acids is 1. The van der Waals surface area contributed by atoms with Crippen molar-refractivity contribution < 1.29 is 9.53 Å². The van der Waals surface area contributed by atoms with Crippen molar-refractivity contribution in [3.63, 3.8) is 0 Å². The van der Waals surface area contributed by atoms with Crippen LogP contribution in [0.5, 0.6) is 0 Å². The molecule has 1 amide bonds. The van der Waals surface area contributed by atoms with Gasteiger partial charge in [0.2, 0.25) is 0 Å². The first-order valence-corrected chi connectivity index (χ1v) is 6.74. The van der Waals surface area contributed by atoms with E-state index >= 15 is 0 Å². The van der Waals surface area contributed by atoms with Crippen molar-refractivity contribution in [1.29, 1.82) is 0 Å². The maximum Gasteiger partial charge on any atom is 0.252 e. The van der Waals surface area contributed by atoms with E-state index in [1.165, 1.54) is 0 Å². The van der Waals surface area contributed by atoms with Gasteiger partial charge in [-0.15, -0.1) is 0 Å². The molecule has 1 heterocycles. The van der Waals surface area contributed by atoms with Crippen molar-refractivity contribution in [2.24, 2.45) is 5.73 Å². The van der Waals surface area contributed by atoms with Crippen LogP contribution in [0.4, 0.5) is 0 Å². The Hall–Kier alpha value is -1.83. The number of hydrogen-bond acceptors (Lipinski definition) is 3.